The molecule has 8 heteroatoms. The van der Waals surface area contributed by atoms with Crippen LogP contribution in [0.1, 0.15) is 19.3 Å². The van der Waals surface area contributed by atoms with Gasteiger partial charge in [-0.1, -0.05) is 23.7 Å². The summed E-state index contributed by atoms with van der Waals surface area (Å²) in [5.41, 5.74) is 0. The molecule has 0 radical (unpaired) electrons. The highest BCUT2D eigenvalue weighted by atomic mass is 35.5. The van der Waals surface area contributed by atoms with Crippen LogP contribution in [0.5, 0.6) is 11.5 Å². The molecule has 0 N–H and O–H groups in total. The van der Waals surface area contributed by atoms with Gasteiger partial charge in [0, 0.05) is 12.3 Å². The number of esters is 2. The lowest BCUT2D eigenvalue weighted by molar-refractivity contribution is 0.0687. The number of halogens is 1. The van der Waals surface area contributed by atoms with Gasteiger partial charge >= 0.3 is 11.9 Å². The monoisotopic (exact) mass is 365 g/mol. The average Bonchev–Trinajstić information content (AvgIpc) is 3.23. The van der Waals surface area contributed by atoms with Gasteiger partial charge in [-0.3, -0.25) is 0 Å². The lowest BCUT2D eigenvalue weighted by Crippen LogP contribution is -2.11. The van der Waals surface area contributed by atoms with Crippen LogP contribution in [0.3, 0.4) is 0 Å². The summed E-state index contributed by atoms with van der Waals surface area (Å²) in [6, 6.07) is 8.12. The average molecular weight is 366 g/mol. The molecule has 23 heavy (non-hydrogen) atoms. The van der Waals surface area contributed by atoms with Gasteiger partial charge in [-0.25, -0.2) is 14.6 Å². The van der Waals surface area contributed by atoms with E-state index in [-0.39, 0.29) is 16.7 Å². The summed E-state index contributed by atoms with van der Waals surface area (Å²) in [6.45, 7) is 0. The number of carbonyl (C=O) groups excluding carboxylic acids is 2. The maximum atomic E-state index is 12.1. The number of carbonyl (C=O) groups is 2. The highest BCUT2D eigenvalue weighted by Gasteiger charge is 2.20. The fraction of sp³-hybridized carbons (Fsp3) is 0. The van der Waals surface area contributed by atoms with Crippen LogP contribution in [0, 0.1) is 0 Å². The van der Waals surface area contributed by atoms with Crippen LogP contribution in [-0.2, 0) is 0 Å². The Hall–Kier alpha value is -2.22. The fourth-order valence-electron chi connectivity index (χ4n) is 1.66. The number of ether oxygens (including phenoxy) is 2. The molecule has 0 aliphatic heterocycles. The lowest BCUT2D eigenvalue weighted by atomic mass is 10.4. The third-order valence-corrected chi connectivity index (χ3v) is 4.64. The van der Waals surface area contributed by atoms with E-state index in [4.69, 9.17) is 21.1 Å². The van der Waals surface area contributed by atoms with Gasteiger partial charge in [0.1, 0.15) is 9.75 Å². The first kappa shape index (κ1) is 15.7. The van der Waals surface area contributed by atoms with Gasteiger partial charge in [0.25, 0.3) is 0 Å². The number of aromatic nitrogens is 1. The van der Waals surface area contributed by atoms with Gasteiger partial charge in [0.05, 0.1) is 0 Å². The SMILES string of the molecule is O=C(Oc1ccnc(Cl)c1OC(=O)c1cccs1)c1cccs1. The zero-order valence-electron chi connectivity index (χ0n) is 11.4. The third kappa shape index (κ3) is 3.58. The van der Waals surface area contributed by atoms with Crippen LogP contribution >= 0.6 is 34.3 Å². The topological polar surface area (TPSA) is 65.5 Å². The van der Waals surface area contributed by atoms with Gasteiger partial charge < -0.3 is 9.47 Å². The first-order chi connectivity index (χ1) is 11.1. The van der Waals surface area contributed by atoms with Crippen LogP contribution in [0.2, 0.25) is 5.15 Å². The molecule has 0 saturated heterocycles. The first-order valence-corrected chi connectivity index (χ1v) is 8.45. The van der Waals surface area contributed by atoms with Crippen molar-refractivity contribution in [2.24, 2.45) is 0 Å². The van der Waals surface area contributed by atoms with Gasteiger partial charge in [-0.15, -0.1) is 22.7 Å². The lowest BCUT2D eigenvalue weighted by Gasteiger charge is -2.10. The molecule has 0 amide bonds. The minimum absolute atomic E-state index is 0.0355. The first-order valence-electron chi connectivity index (χ1n) is 6.31. The van der Waals surface area contributed by atoms with E-state index in [9.17, 15) is 9.59 Å². The number of hydrogen-bond donors (Lipinski definition) is 0. The molecule has 0 unspecified atom stereocenters. The van der Waals surface area contributed by atoms with E-state index in [1.165, 1.54) is 34.9 Å². The van der Waals surface area contributed by atoms with E-state index >= 15 is 0 Å². The van der Waals surface area contributed by atoms with Gasteiger partial charge in [-0.2, -0.15) is 0 Å². The normalized spacial score (nSPS) is 10.3. The Balaban J connectivity index is 1.85. The van der Waals surface area contributed by atoms with Crippen molar-refractivity contribution >= 4 is 46.2 Å². The maximum Gasteiger partial charge on any atom is 0.353 e. The molecule has 3 aromatic rings. The highest BCUT2D eigenvalue weighted by molar-refractivity contribution is 7.12. The summed E-state index contributed by atoms with van der Waals surface area (Å²) >= 11 is 8.44. The summed E-state index contributed by atoms with van der Waals surface area (Å²) in [7, 11) is 0. The minimum atomic E-state index is -0.594. The molecule has 0 aromatic carbocycles. The van der Waals surface area contributed by atoms with Crippen LogP contribution in [0.25, 0.3) is 0 Å². The van der Waals surface area contributed by atoms with Crippen LogP contribution < -0.4 is 9.47 Å². The number of nitrogens with zero attached hydrogens (tertiary/aromatic N) is 1. The van der Waals surface area contributed by atoms with Crippen LogP contribution in [-0.4, -0.2) is 16.9 Å². The number of thiophene rings is 2. The van der Waals surface area contributed by atoms with Crippen molar-refractivity contribution in [1.82, 2.24) is 4.98 Å². The highest BCUT2D eigenvalue weighted by Crippen LogP contribution is 2.34. The van der Waals surface area contributed by atoms with Crippen molar-refractivity contribution in [3.8, 4) is 11.5 Å². The molecule has 0 atom stereocenters. The van der Waals surface area contributed by atoms with Gasteiger partial charge in [0.2, 0.25) is 5.75 Å². The molecule has 5 nitrogen and oxygen atoms in total. The van der Waals surface area contributed by atoms with Crippen LogP contribution in [0.15, 0.2) is 47.3 Å². The maximum absolute atomic E-state index is 12.1. The van der Waals surface area contributed by atoms with Crippen molar-refractivity contribution in [3.63, 3.8) is 0 Å². The summed E-state index contributed by atoms with van der Waals surface area (Å²) in [5.74, 6) is -1.20. The predicted octanol–water partition coefficient (Wildman–Crippen LogP) is 4.30. The predicted molar refractivity (Wildman–Crippen MR) is 87.8 cm³/mol. The van der Waals surface area contributed by atoms with E-state index in [0.29, 0.717) is 9.75 Å². The second kappa shape index (κ2) is 6.91. The summed E-state index contributed by atoms with van der Waals surface area (Å²) < 4.78 is 10.5. The summed E-state index contributed by atoms with van der Waals surface area (Å²) in [5, 5.41) is 3.44. The Kier molecular flexibility index (Phi) is 4.71. The Bertz CT molecular complexity index is 831. The Labute approximate surface area is 144 Å². The second-order valence-electron chi connectivity index (χ2n) is 4.16. The number of hydrogen-bond acceptors (Lipinski definition) is 7. The zero-order valence-corrected chi connectivity index (χ0v) is 13.8. The Morgan fingerprint density at radius 2 is 1.57 bits per heavy atom. The summed E-state index contributed by atoms with van der Waals surface area (Å²) in [4.78, 5) is 28.8. The molecular weight excluding hydrogens is 358 g/mol. The molecule has 0 fully saturated rings. The second-order valence-corrected chi connectivity index (χ2v) is 6.42. The molecule has 0 aliphatic carbocycles. The zero-order chi connectivity index (χ0) is 16.2. The fourth-order valence-corrected chi connectivity index (χ4v) is 3.05. The standard InChI is InChI=1S/C15H8ClNO4S2/c16-13-12(21-15(19)11-4-2-8-23-11)9(5-6-17-13)20-14(18)10-3-1-7-22-10/h1-8H. The van der Waals surface area contributed by atoms with Crippen LogP contribution in [0.4, 0.5) is 0 Å². The molecule has 3 aromatic heterocycles. The van der Waals surface area contributed by atoms with Crippen molar-refractivity contribution < 1.29 is 19.1 Å². The largest absolute Gasteiger partial charge is 0.418 e. The third-order valence-electron chi connectivity index (χ3n) is 2.67. The van der Waals surface area contributed by atoms with Crippen molar-refractivity contribution in [2.45, 2.75) is 0 Å². The van der Waals surface area contributed by atoms with Crippen molar-refractivity contribution in [1.29, 1.82) is 0 Å². The summed E-state index contributed by atoms with van der Waals surface area (Å²) in [6.07, 6.45) is 1.36. The quantitative estimate of drug-likeness (QED) is 0.509. The molecule has 0 saturated carbocycles. The van der Waals surface area contributed by atoms with Crippen molar-refractivity contribution in [3.05, 3.63) is 62.2 Å². The Morgan fingerprint density at radius 3 is 2.13 bits per heavy atom. The smallest absolute Gasteiger partial charge is 0.353 e. The van der Waals surface area contributed by atoms with Gasteiger partial charge in [-0.05, 0) is 22.9 Å². The molecule has 3 heterocycles. The van der Waals surface area contributed by atoms with Gasteiger partial charge in [0.15, 0.2) is 10.9 Å². The minimum Gasteiger partial charge on any atom is -0.418 e. The number of pyridine rings is 1. The molecule has 0 bridgehead atoms. The molecule has 0 spiro atoms. The molecule has 3 rings (SSSR count). The molecule has 116 valence electrons. The van der Waals surface area contributed by atoms with E-state index in [2.05, 4.69) is 4.98 Å². The Morgan fingerprint density at radius 1 is 0.957 bits per heavy atom. The van der Waals surface area contributed by atoms with E-state index in [1.54, 1.807) is 35.0 Å². The van der Waals surface area contributed by atoms with Crippen molar-refractivity contribution in [2.75, 3.05) is 0 Å². The number of rotatable bonds is 4. The van der Waals surface area contributed by atoms with E-state index in [1.807, 2.05) is 0 Å². The van der Waals surface area contributed by atoms with E-state index in [0.717, 1.165) is 0 Å². The molecule has 0 aliphatic rings. The molecular formula is C15H8ClNO4S2. The van der Waals surface area contributed by atoms with E-state index < -0.39 is 11.9 Å².